The molecule has 1 aliphatic heterocycles. The SMILES string of the molecule is CC1CCCN1CCNCCCN(C)C. The average Bonchev–Trinajstić information content (AvgIpc) is 2.57. The van der Waals surface area contributed by atoms with Crippen LogP contribution in [0.15, 0.2) is 0 Å². The summed E-state index contributed by atoms with van der Waals surface area (Å²) in [7, 11) is 4.26. The molecule has 0 bridgehead atoms. The maximum atomic E-state index is 3.52. The van der Waals surface area contributed by atoms with Gasteiger partial charge >= 0.3 is 0 Å². The third-order valence-corrected chi connectivity index (χ3v) is 3.23. The highest BCUT2D eigenvalue weighted by Gasteiger charge is 2.18. The molecule has 0 amide bonds. The summed E-state index contributed by atoms with van der Waals surface area (Å²) in [5, 5.41) is 3.52. The Bertz CT molecular complexity index is 159. The molecule has 0 saturated carbocycles. The molecule has 1 unspecified atom stereocenters. The van der Waals surface area contributed by atoms with Gasteiger partial charge in [0.2, 0.25) is 0 Å². The monoisotopic (exact) mass is 213 g/mol. The quantitative estimate of drug-likeness (QED) is 0.637. The van der Waals surface area contributed by atoms with Crippen LogP contribution in [0.5, 0.6) is 0 Å². The molecule has 1 fully saturated rings. The summed E-state index contributed by atoms with van der Waals surface area (Å²) in [6, 6.07) is 0.813. The summed E-state index contributed by atoms with van der Waals surface area (Å²) < 4.78 is 0. The van der Waals surface area contributed by atoms with Crippen LogP contribution >= 0.6 is 0 Å². The number of nitrogens with zero attached hydrogens (tertiary/aromatic N) is 2. The van der Waals surface area contributed by atoms with Gasteiger partial charge < -0.3 is 10.2 Å². The summed E-state index contributed by atoms with van der Waals surface area (Å²) in [6.07, 6.45) is 4.03. The van der Waals surface area contributed by atoms with Crippen LogP contribution in [0.4, 0.5) is 0 Å². The minimum absolute atomic E-state index is 0.813. The lowest BCUT2D eigenvalue weighted by atomic mass is 10.2. The van der Waals surface area contributed by atoms with Crippen molar-refractivity contribution in [3.8, 4) is 0 Å². The van der Waals surface area contributed by atoms with Crippen molar-refractivity contribution in [3.63, 3.8) is 0 Å². The zero-order valence-corrected chi connectivity index (χ0v) is 10.6. The van der Waals surface area contributed by atoms with Crippen molar-refractivity contribution >= 4 is 0 Å². The smallest absolute Gasteiger partial charge is 0.0110 e. The van der Waals surface area contributed by atoms with Gasteiger partial charge in [-0.25, -0.2) is 0 Å². The van der Waals surface area contributed by atoms with Crippen molar-refractivity contribution in [3.05, 3.63) is 0 Å². The number of rotatable bonds is 7. The number of nitrogens with one attached hydrogen (secondary N) is 1. The lowest BCUT2D eigenvalue weighted by Gasteiger charge is -2.21. The van der Waals surface area contributed by atoms with Crippen molar-refractivity contribution in [1.29, 1.82) is 0 Å². The van der Waals surface area contributed by atoms with Crippen LogP contribution in [0.25, 0.3) is 0 Å². The standard InChI is InChI=1S/C12H27N3/c1-12-6-4-10-15(12)11-8-13-7-5-9-14(2)3/h12-13H,4-11H2,1-3H3. The second kappa shape index (κ2) is 7.20. The molecule has 1 atom stereocenters. The van der Waals surface area contributed by atoms with Crippen LogP contribution in [-0.4, -0.2) is 62.7 Å². The second-order valence-corrected chi connectivity index (χ2v) is 4.93. The molecule has 0 aromatic heterocycles. The molecule has 3 nitrogen and oxygen atoms in total. The Morgan fingerprint density at radius 3 is 2.73 bits per heavy atom. The number of hydrogen-bond donors (Lipinski definition) is 1. The molecule has 15 heavy (non-hydrogen) atoms. The zero-order chi connectivity index (χ0) is 11.1. The summed E-state index contributed by atoms with van der Waals surface area (Å²) in [5.41, 5.74) is 0. The molecule has 3 heteroatoms. The van der Waals surface area contributed by atoms with E-state index < -0.39 is 0 Å². The van der Waals surface area contributed by atoms with Gasteiger partial charge in [-0.15, -0.1) is 0 Å². The van der Waals surface area contributed by atoms with E-state index in [1.54, 1.807) is 0 Å². The fraction of sp³-hybridized carbons (Fsp3) is 1.00. The summed E-state index contributed by atoms with van der Waals surface area (Å²) in [5.74, 6) is 0. The Balaban J connectivity index is 1.88. The molecule has 0 aromatic carbocycles. The van der Waals surface area contributed by atoms with Crippen LogP contribution in [0.2, 0.25) is 0 Å². The van der Waals surface area contributed by atoms with Gasteiger partial charge in [-0.05, 0) is 59.9 Å². The largest absolute Gasteiger partial charge is 0.315 e. The van der Waals surface area contributed by atoms with E-state index in [-0.39, 0.29) is 0 Å². The fourth-order valence-electron chi connectivity index (χ4n) is 2.19. The van der Waals surface area contributed by atoms with Gasteiger partial charge in [0, 0.05) is 19.1 Å². The van der Waals surface area contributed by atoms with Crippen molar-refractivity contribution in [2.45, 2.75) is 32.2 Å². The van der Waals surface area contributed by atoms with Crippen LogP contribution in [0.1, 0.15) is 26.2 Å². The number of likely N-dealkylation sites (tertiary alicyclic amines) is 1. The molecule has 1 aliphatic rings. The topological polar surface area (TPSA) is 18.5 Å². The highest BCUT2D eigenvalue weighted by atomic mass is 15.2. The molecule has 1 N–H and O–H groups in total. The highest BCUT2D eigenvalue weighted by molar-refractivity contribution is 4.75. The third kappa shape index (κ3) is 5.50. The first-order valence-corrected chi connectivity index (χ1v) is 6.29. The van der Waals surface area contributed by atoms with Gasteiger partial charge in [0.25, 0.3) is 0 Å². The maximum Gasteiger partial charge on any atom is 0.0110 e. The van der Waals surface area contributed by atoms with Gasteiger partial charge in [-0.3, -0.25) is 4.90 Å². The van der Waals surface area contributed by atoms with E-state index in [9.17, 15) is 0 Å². The molecule has 0 aromatic rings. The Morgan fingerprint density at radius 1 is 1.33 bits per heavy atom. The zero-order valence-electron chi connectivity index (χ0n) is 10.6. The van der Waals surface area contributed by atoms with Gasteiger partial charge in [0.15, 0.2) is 0 Å². The maximum absolute atomic E-state index is 3.52. The first kappa shape index (κ1) is 12.9. The van der Waals surface area contributed by atoms with Crippen LogP contribution in [0.3, 0.4) is 0 Å². The molecular formula is C12H27N3. The number of hydrogen-bond acceptors (Lipinski definition) is 3. The molecule has 1 saturated heterocycles. The summed E-state index contributed by atoms with van der Waals surface area (Å²) in [4.78, 5) is 4.84. The average molecular weight is 213 g/mol. The first-order chi connectivity index (χ1) is 7.20. The normalized spacial score (nSPS) is 22.8. The van der Waals surface area contributed by atoms with Crippen molar-refractivity contribution < 1.29 is 0 Å². The van der Waals surface area contributed by atoms with E-state index in [0.717, 1.165) is 19.1 Å². The Kier molecular flexibility index (Phi) is 6.22. The molecule has 0 radical (unpaired) electrons. The predicted molar refractivity (Wildman–Crippen MR) is 66.3 cm³/mol. The molecular weight excluding hydrogens is 186 g/mol. The van der Waals surface area contributed by atoms with Crippen LogP contribution < -0.4 is 5.32 Å². The van der Waals surface area contributed by atoms with Gasteiger partial charge in [0.05, 0.1) is 0 Å². The van der Waals surface area contributed by atoms with Crippen molar-refractivity contribution in [1.82, 2.24) is 15.1 Å². The predicted octanol–water partition coefficient (Wildman–Crippen LogP) is 1.01. The minimum Gasteiger partial charge on any atom is -0.315 e. The first-order valence-electron chi connectivity index (χ1n) is 6.29. The van der Waals surface area contributed by atoms with Crippen LogP contribution in [-0.2, 0) is 0 Å². The van der Waals surface area contributed by atoms with Gasteiger partial charge in [-0.2, -0.15) is 0 Å². The Hall–Kier alpha value is -0.120. The van der Waals surface area contributed by atoms with E-state index in [1.165, 1.54) is 38.9 Å². The summed E-state index contributed by atoms with van der Waals surface area (Å²) in [6.45, 7) is 8.37. The lowest BCUT2D eigenvalue weighted by Crippen LogP contribution is -2.34. The van der Waals surface area contributed by atoms with Crippen molar-refractivity contribution in [2.75, 3.05) is 46.8 Å². The van der Waals surface area contributed by atoms with E-state index in [1.807, 2.05) is 0 Å². The van der Waals surface area contributed by atoms with Gasteiger partial charge in [-0.1, -0.05) is 0 Å². The minimum atomic E-state index is 0.813. The Labute approximate surface area is 94.8 Å². The fourth-order valence-corrected chi connectivity index (χ4v) is 2.19. The van der Waals surface area contributed by atoms with E-state index in [0.29, 0.717) is 0 Å². The molecule has 1 rings (SSSR count). The van der Waals surface area contributed by atoms with E-state index in [4.69, 9.17) is 0 Å². The van der Waals surface area contributed by atoms with Crippen molar-refractivity contribution in [2.24, 2.45) is 0 Å². The molecule has 0 aliphatic carbocycles. The summed E-state index contributed by atoms with van der Waals surface area (Å²) >= 11 is 0. The lowest BCUT2D eigenvalue weighted by molar-refractivity contribution is 0.267. The molecule has 90 valence electrons. The van der Waals surface area contributed by atoms with E-state index >= 15 is 0 Å². The van der Waals surface area contributed by atoms with Crippen LogP contribution in [0, 0.1) is 0 Å². The third-order valence-electron chi connectivity index (χ3n) is 3.23. The van der Waals surface area contributed by atoms with Gasteiger partial charge in [0.1, 0.15) is 0 Å². The molecule has 1 heterocycles. The Morgan fingerprint density at radius 2 is 2.13 bits per heavy atom. The molecule has 0 spiro atoms. The highest BCUT2D eigenvalue weighted by Crippen LogP contribution is 2.14. The second-order valence-electron chi connectivity index (χ2n) is 4.93. The van der Waals surface area contributed by atoms with E-state index in [2.05, 4.69) is 36.1 Å².